The molecule has 0 saturated heterocycles. The Morgan fingerprint density at radius 1 is 0.304 bits per heavy atom. The SMILES string of the molecule is c1ccc(-c2nc(-c3ccc(-c4cccc5ccccc45)cc3)cc(-c3c4ccccc4cc4c3ccc3ccccc34)n2)cc1. The minimum Gasteiger partial charge on any atom is -0.228 e. The van der Waals surface area contributed by atoms with Crippen LogP contribution in [0.4, 0.5) is 0 Å². The maximum Gasteiger partial charge on any atom is 0.160 e. The summed E-state index contributed by atoms with van der Waals surface area (Å²) in [6, 6.07) is 60.4. The number of rotatable bonds is 4. The molecule has 0 radical (unpaired) electrons. The first-order valence-electron chi connectivity index (χ1n) is 15.7. The molecule has 0 spiro atoms. The van der Waals surface area contributed by atoms with Crippen LogP contribution in [0.1, 0.15) is 0 Å². The molecule has 2 nitrogen and oxygen atoms in total. The highest BCUT2D eigenvalue weighted by atomic mass is 14.9. The second-order valence-electron chi connectivity index (χ2n) is 11.8. The Morgan fingerprint density at radius 2 is 0.913 bits per heavy atom. The van der Waals surface area contributed by atoms with Crippen molar-refractivity contribution in [1.82, 2.24) is 9.97 Å². The van der Waals surface area contributed by atoms with Crippen LogP contribution < -0.4 is 0 Å². The molecular weight excluding hydrogens is 556 g/mol. The van der Waals surface area contributed by atoms with Gasteiger partial charge in [-0.15, -0.1) is 0 Å². The van der Waals surface area contributed by atoms with Crippen molar-refractivity contribution in [3.8, 4) is 45.0 Å². The average Bonchev–Trinajstić information content (AvgIpc) is 3.14. The third-order valence-electron chi connectivity index (χ3n) is 9.07. The number of hydrogen-bond donors (Lipinski definition) is 0. The smallest absolute Gasteiger partial charge is 0.160 e. The first-order valence-corrected chi connectivity index (χ1v) is 15.7. The van der Waals surface area contributed by atoms with E-state index in [-0.39, 0.29) is 0 Å². The van der Waals surface area contributed by atoms with Crippen molar-refractivity contribution < 1.29 is 0 Å². The van der Waals surface area contributed by atoms with Gasteiger partial charge in [-0.25, -0.2) is 9.97 Å². The van der Waals surface area contributed by atoms with Gasteiger partial charge in [0.05, 0.1) is 11.4 Å². The molecule has 0 unspecified atom stereocenters. The van der Waals surface area contributed by atoms with Gasteiger partial charge in [0.25, 0.3) is 0 Å². The van der Waals surface area contributed by atoms with Crippen molar-refractivity contribution in [2.75, 3.05) is 0 Å². The maximum atomic E-state index is 5.27. The Bertz CT molecular complexity index is 2560. The van der Waals surface area contributed by atoms with E-state index in [1.54, 1.807) is 0 Å². The summed E-state index contributed by atoms with van der Waals surface area (Å²) in [5.41, 5.74) is 7.41. The van der Waals surface area contributed by atoms with E-state index in [1.807, 2.05) is 18.2 Å². The number of nitrogens with zero attached hydrogens (tertiary/aromatic N) is 2. The number of hydrogen-bond acceptors (Lipinski definition) is 2. The Hall–Kier alpha value is -6.12. The van der Waals surface area contributed by atoms with E-state index in [1.165, 1.54) is 54.2 Å². The van der Waals surface area contributed by atoms with Crippen LogP contribution in [0.3, 0.4) is 0 Å². The molecule has 0 fully saturated rings. The lowest BCUT2D eigenvalue weighted by molar-refractivity contribution is 1.19. The standard InChI is InChI=1S/C44H28N2/c1-2-13-33(14-3-1)44-45-41(32-23-21-31(22-24-32)36-20-10-16-29-11-4-7-17-35(29)36)28-42(46-44)43-38-19-9-6-15-34(38)27-40-37-18-8-5-12-30(37)25-26-39(40)43/h1-28H. The zero-order valence-electron chi connectivity index (χ0n) is 25.1. The van der Waals surface area contributed by atoms with Crippen molar-refractivity contribution in [2.24, 2.45) is 0 Å². The van der Waals surface area contributed by atoms with E-state index in [4.69, 9.17) is 9.97 Å². The number of fused-ring (bicyclic) bond motifs is 5. The van der Waals surface area contributed by atoms with Gasteiger partial charge in [-0.1, -0.05) is 158 Å². The summed E-state index contributed by atoms with van der Waals surface area (Å²) < 4.78 is 0. The fourth-order valence-corrected chi connectivity index (χ4v) is 6.83. The molecule has 0 amide bonds. The van der Waals surface area contributed by atoms with E-state index in [0.29, 0.717) is 5.82 Å². The van der Waals surface area contributed by atoms with Crippen LogP contribution in [0, 0.1) is 0 Å². The van der Waals surface area contributed by atoms with Crippen molar-refractivity contribution in [1.29, 1.82) is 0 Å². The van der Waals surface area contributed by atoms with Gasteiger partial charge in [-0.05, 0) is 66.3 Å². The summed E-state index contributed by atoms with van der Waals surface area (Å²) in [5, 5.41) is 9.77. The van der Waals surface area contributed by atoms with E-state index in [9.17, 15) is 0 Å². The summed E-state index contributed by atoms with van der Waals surface area (Å²) >= 11 is 0. The van der Waals surface area contributed by atoms with Crippen LogP contribution >= 0.6 is 0 Å². The van der Waals surface area contributed by atoms with Gasteiger partial charge in [-0.2, -0.15) is 0 Å². The molecule has 0 saturated carbocycles. The Labute approximate surface area is 267 Å². The molecule has 2 heteroatoms. The topological polar surface area (TPSA) is 25.8 Å². The minimum atomic E-state index is 0.716. The Kier molecular flexibility index (Phi) is 6.17. The van der Waals surface area contributed by atoms with Crippen LogP contribution in [0.15, 0.2) is 170 Å². The van der Waals surface area contributed by atoms with Gasteiger partial charge < -0.3 is 0 Å². The summed E-state index contributed by atoms with van der Waals surface area (Å²) in [4.78, 5) is 10.4. The highest BCUT2D eigenvalue weighted by molar-refractivity contribution is 6.19. The lowest BCUT2D eigenvalue weighted by Crippen LogP contribution is -1.97. The van der Waals surface area contributed by atoms with Gasteiger partial charge in [0.15, 0.2) is 5.82 Å². The molecule has 0 aliphatic heterocycles. The Morgan fingerprint density at radius 3 is 1.72 bits per heavy atom. The summed E-state index contributed by atoms with van der Waals surface area (Å²) in [5.74, 6) is 0.716. The monoisotopic (exact) mass is 584 g/mol. The van der Waals surface area contributed by atoms with Crippen LogP contribution in [-0.2, 0) is 0 Å². The second kappa shape index (κ2) is 10.8. The van der Waals surface area contributed by atoms with Gasteiger partial charge >= 0.3 is 0 Å². The maximum absolute atomic E-state index is 5.27. The highest BCUT2D eigenvalue weighted by Gasteiger charge is 2.17. The molecule has 9 rings (SSSR count). The molecule has 214 valence electrons. The van der Waals surface area contributed by atoms with Crippen LogP contribution in [-0.4, -0.2) is 9.97 Å². The first kappa shape index (κ1) is 26.3. The molecule has 9 aromatic rings. The summed E-state index contributed by atoms with van der Waals surface area (Å²) in [6.07, 6.45) is 0. The molecule has 8 aromatic carbocycles. The molecule has 0 N–H and O–H groups in total. The molecule has 0 aliphatic rings. The van der Waals surface area contributed by atoms with Gasteiger partial charge in [0.2, 0.25) is 0 Å². The third kappa shape index (κ3) is 4.43. The van der Waals surface area contributed by atoms with Gasteiger partial charge in [0, 0.05) is 16.7 Å². The molecule has 46 heavy (non-hydrogen) atoms. The summed E-state index contributed by atoms with van der Waals surface area (Å²) in [7, 11) is 0. The zero-order valence-corrected chi connectivity index (χ0v) is 25.1. The predicted octanol–water partition coefficient (Wildman–Crippen LogP) is 11.8. The molecule has 0 aliphatic carbocycles. The van der Waals surface area contributed by atoms with Crippen molar-refractivity contribution in [3.63, 3.8) is 0 Å². The Balaban J connectivity index is 1.28. The van der Waals surface area contributed by atoms with Crippen LogP contribution in [0.5, 0.6) is 0 Å². The minimum absolute atomic E-state index is 0.716. The van der Waals surface area contributed by atoms with Crippen molar-refractivity contribution >= 4 is 43.1 Å². The zero-order chi connectivity index (χ0) is 30.5. The fourth-order valence-electron chi connectivity index (χ4n) is 6.83. The lowest BCUT2D eigenvalue weighted by Gasteiger charge is -2.15. The second-order valence-corrected chi connectivity index (χ2v) is 11.8. The largest absolute Gasteiger partial charge is 0.228 e. The van der Waals surface area contributed by atoms with Crippen molar-refractivity contribution in [2.45, 2.75) is 0 Å². The molecule has 0 atom stereocenters. The van der Waals surface area contributed by atoms with Crippen LogP contribution in [0.25, 0.3) is 88.1 Å². The predicted molar refractivity (Wildman–Crippen MR) is 194 cm³/mol. The quantitative estimate of drug-likeness (QED) is 0.152. The van der Waals surface area contributed by atoms with E-state index >= 15 is 0 Å². The molecular formula is C44H28N2. The first-order chi connectivity index (χ1) is 22.8. The van der Waals surface area contributed by atoms with Crippen LogP contribution in [0.2, 0.25) is 0 Å². The fraction of sp³-hybridized carbons (Fsp3) is 0. The average molecular weight is 585 g/mol. The third-order valence-corrected chi connectivity index (χ3v) is 9.07. The molecule has 1 heterocycles. The molecule has 0 bridgehead atoms. The van der Waals surface area contributed by atoms with Gasteiger partial charge in [0.1, 0.15) is 0 Å². The van der Waals surface area contributed by atoms with Crippen molar-refractivity contribution in [3.05, 3.63) is 170 Å². The normalized spacial score (nSPS) is 11.5. The number of aromatic nitrogens is 2. The number of benzene rings is 8. The van der Waals surface area contributed by atoms with E-state index in [2.05, 4.69) is 152 Å². The summed E-state index contributed by atoms with van der Waals surface area (Å²) in [6.45, 7) is 0. The van der Waals surface area contributed by atoms with E-state index < -0.39 is 0 Å². The van der Waals surface area contributed by atoms with Gasteiger partial charge in [-0.3, -0.25) is 0 Å². The molecule has 1 aromatic heterocycles. The highest BCUT2D eigenvalue weighted by Crippen LogP contribution is 2.40. The lowest BCUT2D eigenvalue weighted by atomic mass is 9.91. The van der Waals surface area contributed by atoms with E-state index in [0.717, 1.165) is 28.1 Å².